The minimum Gasteiger partial charge on any atom is -0.497 e. The minimum absolute atomic E-state index is 0.114. The second kappa shape index (κ2) is 8.35. The van der Waals surface area contributed by atoms with E-state index in [1.165, 1.54) is 7.11 Å². The van der Waals surface area contributed by atoms with Gasteiger partial charge in [-0.2, -0.15) is 0 Å². The van der Waals surface area contributed by atoms with Gasteiger partial charge < -0.3 is 9.57 Å². The van der Waals surface area contributed by atoms with E-state index in [0.29, 0.717) is 24.1 Å². The lowest BCUT2D eigenvalue weighted by Crippen LogP contribution is -2.28. The number of hydrogen-bond acceptors (Lipinski definition) is 5. The summed E-state index contributed by atoms with van der Waals surface area (Å²) >= 11 is 0. The van der Waals surface area contributed by atoms with Crippen molar-refractivity contribution in [3.05, 3.63) is 53.6 Å². The first kappa shape index (κ1) is 19.8. The molecule has 0 spiro atoms. The maximum absolute atomic E-state index is 14.2. The number of oxime groups is 1. The molecule has 6 nitrogen and oxygen atoms in total. The molecule has 148 valence electrons. The summed E-state index contributed by atoms with van der Waals surface area (Å²) in [4.78, 5) is 16.8. The van der Waals surface area contributed by atoms with Crippen molar-refractivity contribution in [2.45, 2.75) is 25.9 Å². The molecule has 2 atom stereocenters. The lowest BCUT2D eigenvalue weighted by Gasteiger charge is -2.13. The van der Waals surface area contributed by atoms with Crippen molar-refractivity contribution in [3.8, 4) is 16.9 Å². The SMILES string of the molecule is COc1cc(F)c(-c2ccc(C3=NO[C@@H](C[C@H](C)C(=O)NO)C3)cc2)c(F)c1. The maximum atomic E-state index is 14.2. The lowest BCUT2D eigenvalue weighted by molar-refractivity contribution is -0.134. The van der Waals surface area contributed by atoms with Crippen LogP contribution in [-0.4, -0.2) is 30.0 Å². The number of nitrogens with zero attached hydrogens (tertiary/aromatic N) is 1. The van der Waals surface area contributed by atoms with Crippen molar-refractivity contribution in [1.29, 1.82) is 0 Å². The molecule has 2 aromatic rings. The van der Waals surface area contributed by atoms with Gasteiger partial charge in [0.15, 0.2) is 0 Å². The summed E-state index contributed by atoms with van der Waals surface area (Å²) in [6.45, 7) is 1.68. The molecule has 1 aliphatic heterocycles. The predicted octanol–water partition coefficient (Wildman–Crippen LogP) is 3.67. The normalized spacial score (nSPS) is 16.9. The number of benzene rings is 2. The van der Waals surface area contributed by atoms with Crippen LogP contribution in [0.2, 0.25) is 0 Å². The molecule has 2 aromatic carbocycles. The molecule has 0 aliphatic carbocycles. The first-order valence-electron chi connectivity index (χ1n) is 8.73. The Morgan fingerprint density at radius 2 is 1.89 bits per heavy atom. The van der Waals surface area contributed by atoms with Crippen LogP contribution in [0.3, 0.4) is 0 Å². The monoisotopic (exact) mass is 390 g/mol. The van der Waals surface area contributed by atoms with E-state index in [0.717, 1.165) is 17.7 Å². The first-order chi connectivity index (χ1) is 13.4. The highest BCUT2D eigenvalue weighted by atomic mass is 19.1. The fourth-order valence-corrected chi connectivity index (χ4v) is 3.11. The molecule has 0 radical (unpaired) electrons. The summed E-state index contributed by atoms with van der Waals surface area (Å²) in [5.41, 5.74) is 3.33. The molecule has 2 N–H and O–H groups in total. The second-order valence-corrected chi connectivity index (χ2v) is 6.63. The number of methoxy groups -OCH3 is 1. The number of hydrogen-bond donors (Lipinski definition) is 2. The van der Waals surface area contributed by atoms with Gasteiger partial charge in [0.25, 0.3) is 0 Å². The second-order valence-electron chi connectivity index (χ2n) is 6.63. The van der Waals surface area contributed by atoms with Gasteiger partial charge in [0.2, 0.25) is 5.91 Å². The predicted molar refractivity (Wildman–Crippen MR) is 98.1 cm³/mol. The van der Waals surface area contributed by atoms with E-state index in [-0.39, 0.29) is 17.4 Å². The number of amides is 1. The van der Waals surface area contributed by atoms with E-state index in [1.54, 1.807) is 36.7 Å². The molecule has 0 aromatic heterocycles. The number of halogens is 2. The first-order valence-corrected chi connectivity index (χ1v) is 8.73. The Morgan fingerprint density at radius 3 is 2.46 bits per heavy atom. The van der Waals surface area contributed by atoms with Gasteiger partial charge in [0.1, 0.15) is 23.5 Å². The Balaban J connectivity index is 1.72. The Kier molecular flexibility index (Phi) is 5.89. The molecule has 0 bridgehead atoms. The number of carbonyl (C=O) groups is 1. The van der Waals surface area contributed by atoms with E-state index in [9.17, 15) is 13.6 Å². The summed E-state index contributed by atoms with van der Waals surface area (Å²) in [7, 11) is 1.34. The number of rotatable bonds is 6. The van der Waals surface area contributed by atoms with Crippen LogP contribution >= 0.6 is 0 Å². The zero-order chi connectivity index (χ0) is 20.3. The molecular weight excluding hydrogens is 370 g/mol. The Labute approximate surface area is 160 Å². The molecule has 1 amide bonds. The third-order valence-corrected chi connectivity index (χ3v) is 4.67. The Morgan fingerprint density at radius 1 is 1.29 bits per heavy atom. The number of hydroxylamine groups is 1. The van der Waals surface area contributed by atoms with Crippen molar-refractivity contribution < 1.29 is 28.4 Å². The van der Waals surface area contributed by atoms with Gasteiger partial charge in [-0.15, -0.1) is 0 Å². The fourth-order valence-electron chi connectivity index (χ4n) is 3.11. The molecule has 1 heterocycles. The molecule has 0 saturated heterocycles. The third kappa shape index (κ3) is 4.12. The zero-order valence-electron chi connectivity index (χ0n) is 15.4. The van der Waals surface area contributed by atoms with E-state index in [4.69, 9.17) is 14.8 Å². The van der Waals surface area contributed by atoms with Crippen LogP contribution in [0.5, 0.6) is 5.75 Å². The van der Waals surface area contributed by atoms with E-state index >= 15 is 0 Å². The highest BCUT2D eigenvalue weighted by Crippen LogP contribution is 2.30. The molecule has 1 aliphatic rings. The van der Waals surface area contributed by atoms with Gasteiger partial charge >= 0.3 is 0 Å². The van der Waals surface area contributed by atoms with Crippen LogP contribution in [0.4, 0.5) is 8.78 Å². The average Bonchev–Trinajstić information content (AvgIpc) is 3.15. The summed E-state index contributed by atoms with van der Waals surface area (Å²) in [6.07, 6.45) is 0.617. The highest BCUT2D eigenvalue weighted by Gasteiger charge is 2.26. The Bertz CT molecular complexity index is 877. The third-order valence-electron chi connectivity index (χ3n) is 4.67. The van der Waals surface area contributed by atoms with Crippen LogP contribution in [0.25, 0.3) is 11.1 Å². The summed E-state index contributed by atoms with van der Waals surface area (Å²) < 4.78 is 33.3. The van der Waals surface area contributed by atoms with Crippen molar-refractivity contribution >= 4 is 11.6 Å². The fraction of sp³-hybridized carbons (Fsp3) is 0.300. The zero-order valence-corrected chi connectivity index (χ0v) is 15.4. The summed E-state index contributed by atoms with van der Waals surface area (Å²) in [6, 6.07) is 8.92. The van der Waals surface area contributed by atoms with Crippen LogP contribution < -0.4 is 10.2 Å². The number of carbonyl (C=O) groups excluding carboxylic acids is 1. The standard InChI is InChI=1S/C20H20F2N2O4/c1-11(20(25)23-26)7-15-10-18(24-28-15)12-3-5-13(6-4-12)19-16(21)8-14(27-2)9-17(19)22/h3-6,8-9,11,15,26H,7,10H2,1-2H3,(H,23,25)/t11-,15-/m0/s1. The van der Waals surface area contributed by atoms with E-state index in [2.05, 4.69) is 5.16 Å². The average molecular weight is 390 g/mol. The molecule has 8 heteroatoms. The van der Waals surface area contributed by atoms with Gasteiger partial charge in [0, 0.05) is 24.5 Å². The summed E-state index contributed by atoms with van der Waals surface area (Å²) in [5.74, 6) is -2.20. The van der Waals surface area contributed by atoms with Gasteiger partial charge in [-0.25, -0.2) is 14.3 Å². The largest absolute Gasteiger partial charge is 0.497 e. The van der Waals surface area contributed by atoms with Crippen molar-refractivity contribution in [2.75, 3.05) is 7.11 Å². The molecule has 28 heavy (non-hydrogen) atoms. The van der Waals surface area contributed by atoms with Crippen LogP contribution in [-0.2, 0) is 9.63 Å². The quantitative estimate of drug-likeness (QED) is 0.583. The molecular formula is C20H20F2N2O4. The van der Waals surface area contributed by atoms with E-state index < -0.39 is 23.5 Å². The van der Waals surface area contributed by atoms with Crippen LogP contribution in [0, 0.1) is 17.6 Å². The van der Waals surface area contributed by atoms with Crippen LogP contribution in [0.1, 0.15) is 25.3 Å². The van der Waals surface area contributed by atoms with Crippen molar-refractivity contribution in [2.24, 2.45) is 11.1 Å². The van der Waals surface area contributed by atoms with Crippen molar-refractivity contribution in [3.63, 3.8) is 0 Å². The van der Waals surface area contributed by atoms with Gasteiger partial charge in [0.05, 0.1) is 18.4 Å². The van der Waals surface area contributed by atoms with Crippen LogP contribution in [0.15, 0.2) is 41.6 Å². The maximum Gasteiger partial charge on any atom is 0.246 e. The molecule has 0 saturated carbocycles. The van der Waals surface area contributed by atoms with E-state index in [1.807, 2.05) is 0 Å². The van der Waals surface area contributed by atoms with Gasteiger partial charge in [-0.3, -0.25) is 10.0 Å². The van der Waals surface area contributed by atoms with Gasteiger partial charge in [-0.1, -0.05) is 36.3 Å². The molecule has 0 fully saturated rings. The molecule has 0 unspecified atom stereocenters. The number of nitrogens with one attached hydrogen (secondary N) is 1. The topological polar surface area (TPSA) is 80.2 Å². The highest BCUT2D eigenvalue weighted by molar-refractivity contribution is 6.01. The van der Waals surface area contributed by atoms with Crippen molar-refractivity contribution in [1.82, 2.24) is 5.48 Å². The molecule has 3 rings (SSSR count). The Hall–Kier alpha value is -3.00. The van der Waals surface area contributed by atoms with Gasteiger partial charge in [-0.05, 0) is 17.5 Å². The minimum atomic E-state index is -0.706. The number of ether oxygens (including phenoxy) is 1. The summed E-state index contributed by atoms with van der Waals surface area (Å²) in [5, 5.41) is 12.7. The lowest BCUT2D eigenvalue weighted by atomic mass is 9.96. The smallest absolute Gasteiger partial charge is 0.246 e.